The summed E-state index contributed by atoms with van der Waals surface area (Å²) in [6.45, 7) is 0. The molecule has 1 aliphatic rings. The predicted molar refractivity (Wildman–Crippen MR) is 132 cm³/mol. The smallest absolute Gasteiger partial charge is 0.339 e. The third kappa shape index (κ3) is 2.90. The number of carbonyl (C=O) groups excluding carboxylic acids is 1. The molecule has 0 unspecified atom stereocenters. The molecule has 0 atom stereocenters. The SMILES string of the molecule is COC(=O)c1c(-c2ccc3c(ccc4c5c(ccc43)CCCC5)c2)ccc2ccccc12. The number of hydrogen-bond acceptors (Lipinski definition) is 2. The Morgan fingerprint density at radius 2 is 1.50 bits per heavy atom. The maximum Gasteiger partial charge on any atom is 0.339 e. The summed E-state index contributed by atoms with van der Waals surface area (Å²) in [4.78, 5) is 12.8. The van der Waals surface area contributed by atoms with Crippen LogP contribution in [0, 0.1) is 0 Å². The molecule has 2 heteroatoms. The van der Waals surface area contributed by atoms with Crippen LogP contribution in [0.25, 0.3) is 43.4 Å². The molecule has 2 nitrogen and oxygen atoms in total. The molecule has 0 N–H and O–H groups in total. The molecule has 5 aromatic carbocycles. The van der Waals surface area contributed by atoms with Gasteiger partial charge in [-0.15, -0.1) is 0 Å². The first-order valence-electron chi connectivity index (χ1n) is 11.3. The van der Waals surface area contributed by atoms with E-state index in [-0.39, 0.29) is 5.97 Å². The van der Waals surface area contributed by atoms with Gasteiger partial charge >= 0.3 is 5.97 Å². The molecule has 0 amide bonds. The fourth-order valence-electron chi connectivity index (χ4n) is 5.40. The summed E-state index contributed by atoms with van der Waals surface area (Å²) in [6.07, 6.45) is 4.95. The highest BCUT2D eigenvalue weighted by atomic mass is 16.5. The summed E-state index contributed by atoms with van der Waals surface area (Å²) in [7, 11) is 1.45. The second kappa shape index (κ2) is 7.49. The molecule has 0 aromatic heterocycles. The average molecular weight is 417 g/mol. The van der Waals surface area contributed by atoms with Crippen molar-refractivity contribution in [1.29, 1.82) is 0 Å². The summed E-state index contributed by atoms with van der Waals surface area (Å²) >= 11 is 0. The Morgan fingerprint density at radius 3 is 2.41 bits per heavy atom. The van der Waals surface area contributed by atoms with Gasteiger partial charge in [0.1, 0.15) is 0 Å². The second-order valence-corrected chi connectivity index (χ2v) is 8.71. The summed E-state index contributed by atoms with van der Waals surface area (Å²) in [5, 5.41) is 7.12. The Bertz CT molecular complexity index is 1530. The molecule has 0 heterocycles. The Labute approximate surface area is 187 Å². The van der Waals surface area contributed by atoms with E-state index in [0.29, 0.717) is 5.56 Å². The van der Waals surface area contributed by atoms with E-state index in [1.807, 2.05) is 30.3 Å². The Hall–Kier alpha value is -3.65. The van der Waals surface area contributed by atoms with E-state index in [1.54, 1.807) is 0 Å². The van der Waals surface area contributed by atoms with Crippen molar-refractivity contribution < 1.29 is 9.53 Å². The van der Waals surface area contributed by atoms with Crippen LogP contribution >= 0.6 is 0 Å². The minimum atomic E-state index is -0.304. The number of carbonyl (C=O) groups is 1. The van der Waals surface area contributed by atoms with E-state index >= 15 is 0 Å². The van der Waals surface area contributed by atoms with Crippen molar-refractivity contribution in [2.45, 2.75) is 25.7 Å². The van der Waals surface area contributed by atoms with Gasteiger partial charge in [0.25, 0.3) is 0 Å². The van der Waals surface area contributed by atoms with Crippen molar-refractivity contribution in [2.75, 3.05) is 7.11 Å². The fraction of sp³-hybridized carbons (Fsp3) is 0.167. The van der Waals surface area contributed by atoms with Crippen LogP contribution in [-0.4, -0.2) is 13.1 Å². The summed E-state index contributed by atoms with van der Waals surface area (Å²) in [5.74, 6) is -0.304. The van der Waals surface area contributed by atoms with Gasteiger partial charge in [-0.05, 0) is 86.3 Å². The molecule has 6 rings (SSSR count). The number of benzene rings is 5. The van der Waals surface area contributed by atoms with Gasteiger partial charge in [-0.2, -0.15) is 0 Å². The van der Waals surface area contributed by atoms with Crippen molar-refractivity contribution in [3.05, 3.63) is 95.6 Å². The number of esters is 1. The standard InChI is InChI=1S/C30H24O2/c1-32-30(31)29-25-9-5-3-7-20(25)10-15-26(29)22-12-14-24-21(18-22)13-17-27-23-8-4-2-6-19(23)11-16-28(24)27/h3,5,7,9-18H,2,4,6,8H2,1H3. The zero-order valence-corrected chi connectivity index (χ0v) is 18.2. The number of methoxy groups -OCH3 is 1. The third-order valence-electron chi connectivity index (χ3n) is 6.98. The van der Waals surface area contributed by atoms with Gasteiger partial charge in [-0.25, -0.2) is 4.79 Å². The van der Waals surface area contributed by atoms with Crippen LogP contribution in [0.15, 0.2) is 78.9 Å². The molecule has 5 aromatic rings. The van der Waals surface area contributed by atoms with E-state index in [1.165, 1.54) is 65.5 Å². The monoisotopic (exact) mass is 416 g/mol. The van der Waals surface area contributed by atoms with E-state index in [4.69, 9.17) is 4.74 Å². The van der Waals surface area contributed by atoms with Gasteiger partial charge in [0.2, 0.25) is 0 Å². The van der Waals surface area contributed by atoms with Gasteiger partial charge in [0, 0.05) is 0 Å². The molecular formula is C30H24O2. The maximum atomic E-state index is 12.8. The molecule has 0 radical (unpaired) electrons. The quantitative estimate of drug-likeness (QED) is 0.220. The van der Waals surface area contributed by atoms with Crippen molar-refractivity contribution in [3.63, 3.8) is 0 Å². The number of aryl methyl sites for hydroxylation is 2. The van der Waals surface area contributed by atoms with Gasteiger partial charge in [0.15, 0.2) is 0 Å². The van der Waals surface area contributed by atoms with Crippen molar-refractivity contribution in [2.24, 2.45) is 0 Å². The Kier molecular flexibility index (Phi) is 4.46. The zero-order chi connectivity index (χ0) is 21.7. The normalized spacial score (nSPS) is 13.4. The lowest BCUT2D eigenvalue weighted by Gasteiger charge is -2.19. The van der Waals surface area contributed by atoms with Crippen LogP contribution in [0.4, 0.5) is 0 Å². The van der Waals surface area contributed by atoms with Crippen LogP contribution in [-0.2, 0) is 17.6 Å². The Balaban J connectivity index is 1.57. The first kappa shape index (κ1) is 19.1. The molecule has 0 aliphatic heterocycles. The minimum Gasteiger partial charge on any atom is -0.465 e. The molecule has 0 fully saturated rings. The van der Waals surface area contributed by atoms with Crippen molar-refractivity contribution in [3.8, 4) is 11.1 Å². The average Bonchev–Trinajstić information content (AvgIpc) is 2.86. The molecule has 32 heavy (non-hydrogen) atoms. The number of rotatable bonds is 2. The predicted octanol–water partition coefficient (Wildman–Crippen LogP) is 7.48. The number of ether oxygens (including phenoxy) is 1. The van der Waals surface area contributed by atoms with E-state index in [2.05, 4.69) is 48.5 Å². The van der Waals surface area contributed by atoms with E-state index < -0.39 is 0 Å². The van der Waals surface area contributed by atoms with Crippen LogP contribution < -0.4 is 0 Å². The molecule has 156 valence electrons. The zero-order valence-electron chi connectivity index (χ0n) is 18.2. The molecule has 0 saturated carbocycles. The van der Waals surface area contributed by atoms with E-state index in [0.717, 1.165) is 21.9 Å². The van der Waals surface area contributed by atoms with Gasteiger partial charge in [0.05, 0.1) is 12.7 Å². The number of fused-ring (bicyclic) bond motifs is 6. The fourth-order valence-corrected chi connectivity index (χ4v) is 5.40. The molecular weight excluding hydrogens is 392 g/mol. The van der Waals surface area contributed by atoms with Gasteiger partial charge in [-0.3, -0.25) is 0 Å². The molecule has 0 saturated heterocycles. The third-order valence-corrected chi connectivity index (χ3v) is 6.98. The first-order chi connectivity index (χ1) is 15.7. The maximum absolute atomic E-state index is 12.8. The minimum absolute atomic E-state index is 0.304. The largest absolute Gasteiger partial charge is 0.465 e. The molecule has 0 bridgehead atoms. The lowest BCUT2D eigenvalue weighted by molar-refractivity contribution is 0.0604. The van der Waals surface area contributed by atoms with Crippen molar-refractivity contribution >= 4 is 38.3 Å². The van der Waals surface area contributed by atoms with Crippen LogP contribution in [0.1, 0.15) is 34.3 Å². The van der Waals surface area contributed by atoms with Gasteiger partial charge in [-0.1, -0.05) is 72.8 Å². The summed E-state index contributed by atoms with van der Waals surface area (Å²) in [6, 6.07) is 27.8. The van der Waals surface area contributed by atoms with Crippen LogP contribution in [0.2, 0.25) is 0 Å². The Morgan fingerprint density at radius 1 is 0.719 bits per heavy atom. The van der Waals surface area contributed by atoms with Crippen LogP contribution in [0.5, 0.6) is 0 Å². The number of hydrogen-bond donors (Lipinski definition) is 0. The second-order valence-electron chi connectivity index (χ2n) is 8.71. The van der Waals surface area contributed by atoms with Crippen molar-refractivity contribution in [1.82, 2.24) is 0 Å². The first-order valence-corrected chi connectivity index (χ1v) is 11.3. The molecule has 1 aliphatic carbocycles. The lowest BCUT2D eigenvalue weighted by atomic mass is 9.86. The highest BCUT2D eigenvalue weighted by Crippen LogP contribution is 2.37. The topological polar surface area (TPSA) is 26.3 Å². The highest BCUT2D eigenvalue weighted by molar-refractivity contribution is 6.13. The summed E-state index contributed by atoms with van der Waals surface area (Å²) < 4.78 is 5.17. The highest BCUT2D eigenvalue weighted by Gasteiger charge is 2.18. The summed E-state index contributed by atoms with van der Waals surface area (Å²) in [5.41, 5.74) is 5.60. The van der Waals surface area contributed by atoms with Gasteiger partial charge < -0.3 is 4.74 Å². The van der Waals surface area contributed by atoms with E-state index in [9.17, 15) is 4.79 Å². The van der Waals surface area contributed by atoms with Crippen LogP contribution in [0.3, 0.4) is 0 Å². The molecule has 0 spiro atoms. The lowest BCUT2D eigenvalue weighted by Crippen LogP contribution is -2.05.